The van der Waals surface area contributed by atoms with Gasteiger partial charge in [0.2, 0.25) is 0 Å². The van der Waals surface area contributed by atoms with Gasteiger partial charge in [-0.05, 0) is 19.1 Å². The van der Waals surface area contributed by atoms with Crippen molar-refractivity contribution in [2.24, 2.45) is 5.10 Å². The van der Waals surface area contributed by atoms with E-state index in [2.05, 4.69) is 20.5 Å². The van der Waals surface area contributed by atoms with Gasteiger partial charge in [-0.2, -0.15) is 5.10 Å². The van der Waals surface area contributed by atoms with Gasteiger partial charge in [-0.25, -0.2) is 10.4 Å². The van der Waals surface area contributed by atoms with E-state index < -0.39 is 5.91 Å². The standard InChI is InChI=1S/C14H14N4O2/c1-10(11-4-3-5-12(8-11)20-2)17-18-14(19)13-9-15-6-7-16-13/h3-9H,1-2H3,(H,18,19)/b17-10-. The highest BCUT2D eigenvalue weighted by atomic mass is 16.5. The molecule has 1 aromatic carbocycles. The second-order valence-electron chi connectivity index (χ2n) is 3.96. The van der Waals surface area contributed by atoms with Gasteiger partial charge in [0.05, 0.1) is 19.0 Å². The van der Waals surface area contributed by atoms with Crippen LogP contribution < -0.4 is 10.2 Å². The van der Waals surface area contributed by atoms with Crippen LogP contribution in [0.15, 0.2) is 48.0 Å². The molecule has 2 rings (SSSR count). The number of hydrogen-bond acceptors (Lipinski definition) is 5. The Balaban J connectivity index is 2.09. The molecular formula is C14H14N4O2. The highest BCUT2D eigenvalue weighted by molar-refractivity contribution is 6.00. The molecule has 0 aliphatic carbocycles. The molecule has 1 heterocycles. The number of aromatic nitrogens is 2. The number of carbonyl (C=O) groups is 1. The molecule has 1 amide bonds. The zero-order chi connectivity index (χ0) is 14.4. The van der Waals surface area contributed by atoms with Crippen LogP contribution in [0.4, 0.5) is 0 Å². The molecule has 102 valence electrons. The predicted octanol–water partition coefficient (Wildman–Crippen LogP) is 1.64. The van der Waals surface area contributed by atoms with Crippen molar-refractivity contribution in [1.82, 2.24) is 15.4 Å². The minimum Gasteiger partial charge on any atom is -0.497 e. The molecule has 0 fully saturated rings. The third-order valence-electron chi connectivity index (χ3n) is 2.61. The topological polar surface area (TPSA) is 76.5 Å². The molecule has 1 aromatic heterocycles. The van der Waals surface area contributed by atoms with Gasteiger partial charge >= 0.3 is 0 Å². The van der Waals surface area contributed by atoms with Gasteiger partial charge in [-0.1, -0.05) is 12.1 Å². The molecule has 0 saturated carbocycles. The molecule has 0 bridgehead atoms. The second-order valence-corrected chi connectivity index (χ2v) is 3.96. The molecule has 1 N–H and O–H groups in total. The number of carbonyl (C=O) groups excluding carboxylic acids is 1. The van der Waals surface area contributed by atoms with Crippen molar-refractivity contribution < 1.29 is 9.53 Å². The van der Waals surface area contributed by atoms with Crippen LogP contribution in [-0.4, -0.2) is 28.7 Å². The predicted molar refractivity (Wildman–Crippen MR) is 74.7 cm³/mol. The Bertz CT molecular complexity index is 626. The van der Waals surface area contributed by atoms with Crippen molar-refractivity contribution in [2.75, 3.05) is 7.11 Å². The summed E-state index contributed by atoms with van der Waals surface area (Å²) < 4.78 is 5.14. The maximum atomic E-state index is 11.8. The van der Waals surface area contributed by atoms with E-state index in [0.717, 1.165) is 11.3 Å². The lowest BCUT2D eigenvalue weighted by atomic mass is 10.1. The smallest absolute Gasteiger partial charge is 0.291 e. The van der Waals surface area contributed by atoms with Crippen LogP contribution in [0.5, 0.6) is 5.75 Å². The molecule has 20 heavy (non-hydrogen) atoms. The minimum absolute atomic E-state index is 0.217. The zero-order valence-electron chi connectivity index (χ0n) is 11.2. The maximum Gasteiger partial charge on any atom is 0.291 e. The fourth-order valence-corrected chi connectivity index (χ4v) is 1.52. The number of nitrogens with one attached hydrogen (secondary N) is 1. The van der Waals surface area contributed by atoms with Gasteiger partial charge in [0.1, 0.15) is 11.4 Å². The molecule has 0 saturated heterocycles. The highest BCUT2D eigenvalue weighted by Gasteiger charge is 2.06. The summed E-state index contributed by atoms with van der Waals surface area (Å²) in [6.45, 7) is 1.80. The summed E-state index contributed by atoms with van der Waals surface area (Å²) in [5.74, 6) is 0.331. The number of methoxy groups -OCH3 is 1. The third kappa shape index (κ3) is 3.38. The number of rotatable bonds is 4. The van der Waals surface area contributed by atoms with E-state index in [1.54, 1.807) is 14.0 Å². The minimum atomic E-state index is -0.402. The van der Waals surface area contributed by atoms with Gasteiger partial charge in [0.25, 0.3) is 5.91 Å². The Morgan fingerprint density at radius 3 is 2.90 bits per heavy atom. The first kappa shape index (κ1) is 13.7. The third-order valence-corrected chi connectivity index (χ3v) is 2.61. The van der Waals surface area contributed by atoms with E-state index in [1.807, 2.05) is 24.3 Å². The van der Waals surface area contributed by atoms with Crippen LogP contribution in [0.3, 0.4) is 0 Å². The number of nitrogens with zero attached hydrogens (tertiary/aromatic N) is 3. The lowest BCUT2D eigenvalue weighted by Gasteiger charge is -2.04. The van der Waals surface area contributed by atoms with Crippen LogP contribution in [-0.2, 0) is 0 Å². The first-order chi connectivity index (χ1) is 9.70. The second kappa shape index (κ2) is 6.42. The lowest BCUT2D eigenvalue weighted by Crippen LogP contribution is -2.20. The lowest BCUT2D eigenvalue weighted by molar-refractivity contribution is 0.0949. The molecule has 0 aliphatic rings. The van der Waals surface area contributed by atoms with Crippen LogP contribution in [0.25, 0.3) is 0 Å². The Hall–Kier alpha value is -2.76. The van der Waals surface area contributed by atoms with E-state index in [-0.39, 0.29) is 5.69 Å². The van der Waals surface area contributed by atoms with Gasteiger partial charge in [0.15, 0.2) is 0 Å². The number of hydrazone groups is 1. The Morgan fingerprint density at radius 2 is 2.20 bits per heavy atom. The zero-order valence-corrected chi connectivity index (χ0v) is 11.2. The number of benzene rings is 1. The molecule has 2 aromatic rings. The average Bonchev–Trinajstić information content (AvgIpc) is 2.53. The van der Waals surface area contributed by atoms with E-state index in [9.17, 15) is 4.79 Å². The fraction of sp³-hybridized carbons (Fsp3) is 0.143. The molecule has 6 nitrogen and oxygen atoms in total. The van der Waals surface area contributed by atoms with E-state index in [4.69, 9.17) is 4.74 Å². The quantitative estimate of drug-likeness (QED) is 0.677. The van der Waals surface area contributed by atoms with Crippen molar-refractivity contribution in [3.8, 4) is 5.75 Å². The van der Waals surface area contributed by atoms with Crippen molar-refractivity contribution in [1.29, 1.82) is 0 Å². The van der Waals surface area contributed by atoms with Crippen LogP contribution in [0, 0.1) is 0 Å². The molecule has 6 heteroatoms. The summed E-state index contributed by atoms with van der Waals surface area (Å²) in [5, 5.41) is 4.04. The highest BCUT2D eigenvalue weighted by Crippen LogP contribution is 2.13. The Morgan fingerprint density at radius 1 is 1.35 bits per heavy atom. The van der Waals surface area contributed by atoms with E-state index in [0.29, 0.717) is 5.71 Å². The molecular weight excluding hydrogens is 256 g/mol. The van der Waals surface area contributed by atoms with Crippen molar-refractivity contribution in [2.45, 2.75) is 6.92 Å². The van der Waals surface area contributed by atoms with Gasteiger partial charge in [-0.15, -0.1) is 0 Å². The van der Waals surface area contributed by atoms with Gasteiger partial charge in [0, 0.05) is 18.0 Å². The monoisotopic (exact) mass is 270 g/mol. The van der Waals surface area contributed by atoms with Crippen molar-refractivity contribution in [3.63, 3.8) is 0 Å². The average molecular weight is 270 g/mol. The van der Waals surface area contributed by atoms with E-state index in [1.165, 1.54) is 18.6 Å². The number of ether oxygens (including phenoxy) is 1. The van der Waals surface area contributed by atoms with Crippen molar-refractivity contribution in [3.05, 3.63) is 54.1 Å². The summed E-state index contributed by atoms with van der Waals surface area (Å²) in [6.07, 6.45) is 4.33. The van der Waals surface area contributed by atoms with Crippen LogP contribution >= 0.6 is 0 Å². The van der Waals surface area contributed by atoms with Gasteiger partial charge in [-0.3, -0.25) is 9.78 Å². The first-order valence-corrected chi connectivity index (χ1v) is 5.96. The summed E-state index contributed by atoms with van der Waals surface area (Å²) in [5.41, 5.74) is 4.19. The number of hydrogen-bond donors (Lipinski definition) is 1. The molecule has 0 aliphatic heterocycles. The van der Waals surface area contributed by atoms with Crippen LogP contribution in [0.2, 0.25) is 0 Å². The first-order valence-electron chi connectivity index (χ1n) is 5.96. The molecule has 0 spiro atoms. The fourth-order valence-electron chi connectivity index (χ4n) is 1.52. The number of amides is 1. The largest absolute Gasteiger partial charge is 0.497 e. The molecule has 0 unspecified atom stereocenters. The van der Waals surface area contributed by atoms with Gasteiger partial charge < -0.3 is 4.74 Å². The summed E-state index contributed by atoms with van der Waals surface area (Å²) >= 11 is 0. The summed E-state index contributed by atoms with van der Waals surface area (Å²) in [7, 11) is 1.60. The molecule has 0 atom stereocenters. The summed E-state index contributed by atoms with van der Waals surface area (Å²) in [6, 6.07) is 7.43. The maximum absolute atomic E-state index is 11.8. The Labute approximate surface area is 116 Å². The SMILES string of the molecule is COc1cccc(/C(C)=N\NC(=O)c2cnccn2)c1. The Kier molecular flexibility index (Phi) is 4.39. The normalized spacial score (nSPS) is 11.0. The molecule has 0 radical (unpaired) electrons. The van der Waals surface area contributed by atoms with E-state index >= 15 is 0 Å². The summed E-state index contributed by atoms with van der Waals surface area (Å²) in [4.78, 5) is 19.5. The van der Waals surface area contributed by atoms with Crippen LogP contribution in [0.1, 0.15) is 23.0 Å². The van der Waals surface area contributed by atoms with Crippen molar-refractivity contribution >= 4 is 11.6 Å².